The van der Waals surface area contributed by atoms with Gasteiger partial charge in [-0.05, 0) is 34.1 Å². The van der Waals surface area contributed by atoms with Crippen LogP contribution in [0, 0.1) is 0 Å². The van der Waals surface area contributed by atoms with Crippen molar-refractivity contribution in [3.05, 3.63) is 52.0 Å². The second kappa shape index (κ2) is 5.25. The number of hydrogen-bond donors (Lipinski definition) is 1. The molecule has 2 heterocycles. The van der Waals surface area contributed by atoms with E-state index in [2.05, 4.69) is 31.2 Å². The van der Waals surface area contributed by atoms with E-state index in [0.717, 1.165) is 4.47 Å². The number of anilines is 1. The lowest BCUT2D eigenvalue weighted by atomic mass is 10.2. The first kappa shape index (κ1) is 12.0. The Kier molecular flexibility index (Phi) is 3.71. The lowest BCUT2D eigenvalue weighted by molar-refractivity contribution is 0.102. The van der Waals surface area contributed by atoms with E-state index in [-0.39, 0.29) is 5.91 Å². The summed E-state index contributed by atoms with van der Waals surface area (Å²) < 4.78 is 0.748. The summed E-state index contributed by atoms with van der Waals surface area (Å²) in [5.74, 6) is -0.249. The summed E-state index contributed by atoms with van der Waals surface area (Å²) in [6.45, 7) is 0. The minimum Gasteiger partial charge on any atom is -0.322 e. The van der Waals surface area contributed by atoms with Gasteiger partial charge in [-0.2, -0.15) is 0 Å². The number of amides is 1. The van der Waals surface area contributed by atoms with Gasteiger partial charge in [0.2, 0.25) is 0 Å². The van der Waals surface area contributed by atoms with Crippen molar-refractivity contribution in [2.75, 3.05) is 5.32 Å². The zero-order valence-electron chi connectivity index (χ0n) is 8.52. The first-order chi connectivity index (χ1) is 8.15. The quantitative estimate of drug-likeness (QED) is 0.867. The van der Waals surface area contributed by atoms with E-state index in [1.54, 1.807) is 24.4 Å². The van der Waals surface area contributed by atoms with Crippen molar-refractivity contribution in [3.8, 4) is 0 Å². The summed E-state index contributed by atoms with van der Waals surface area (Å²) in [5, 5.41) is 3.03. The van der Waals surface area contributed by atoms with Crippen LogP contribution in [0.2, 0.25) is 5.15 Å². The van der Waals surface area contributed by atoms with Gasteiger partial charge in [0.25, 0.3) is 5.91 Å². The van der Waals surface area contributed by atoms with Crippen LogP contribution in [0.3, 0.4) is 0 Å². The van der Waals surface area contributed by atoms with Crippen LogP contribution in [0.1, 0.15) is 10.4 Å². The number of hydrogen-bond acceptors (Lipinski definition) is 3. The minimum atomic E-state index is -0.249. The lowest BCUT2D eigenvalue weighted by Gasteiger charge is -2.04. The molecule has 0 aliphatic heterocycles. The monoisotopic (exact) mass is 311 g/mol. The maximum Gasteiger partial charge on any atom is 0.257 e. The SMILES string of the molecule is O=C(Nc1ccnc(Cl)c1)c1cncc(Br)c1. The van der Waals surface area contributed by atoms with E-state index in [0.29, 0.717) is 16.4 Å². The normalized spacial score (nSPS) is 10.0. The number of nitrogens with zero attached hydrogens (tertiary/aromatic N) is 2. The highest BCUT2D eigenvalue weighted by Gasteiger charge is 2.07. The molecule has 0 aliphatic rings. The van der Waals surface area contributed by atoms with Gasteiger partial charge in [0.1, 0.15) is 5.15 Å². The van der Waals surface area contributed by atoms with E-state index in [9.17, 15) is 4.79 Å². The van der Waals surface area contributed by atoms with Crippen molar-refractivity contribution in [2.45, 2.75) is 0 Å². The fourth-order valence-corrected chi connectivity index (χ4v) is 1.76. The Morgan fingerprint density at radius 1 is 1.35 bits per heavy atom. The molecule has 0 saturated carbocycles. The molecule has 0 fully saturated rings. The predicted octanol–water partition coefficient (Wildman–Crippen LogP) is 3.14. The van der Waals surface area contributed by atoms with E-state index in [1.807, 2.05) is 0 Å². The number of aromatic nitrogens is 2. The molecule has 86 valence electrons. The topological polar surface area (TPSA) is 54.9 Å². The molecule has 0 aliphatic carbocycles. The Labute approximate surface area is 111 Å². The smallest absolute Gasteiger partial charge is 0.257 e. The number of halogens is 2. The minimum absolute atomic E-state index is 0.249. The Balaban J connectivity index is 2.17. The van der Waals surface area contributed by atoms with Gasteiger partial charge in [-0.3, -0.25) is 9.78 Å². The molecule has 0 atom stereocenters. The van der Waals surface area contributed by atoms with Gasteiger partial charge in [-0.1, -0.05) is 11.6 Å². The second-order valence-corrected chi connectivity index (χ2v) is 4.52. The molecule has 0 radical (unpaired) electrons. The first-order valence-corrected chi connectivity index (χ1v) is 5.86. The largest absolute Gasteiger partial charge is 0.322 e. The average molecular weight is 313 g/mol. The Hall–Kier alpha value is -1.46. The van der Waals surface area contributed by atoms with Crippen LogP contribution in [-0.2, 0) is 0 Å². The van der Waals surface area contributed by atoms with E-state index in [4.69, 9.17) is 11.6 Å². The van der Waals surface area contributed by atoms with Crippen molar-refractivity contribution in [3.63, 3.8) is 0 Å². The van der Waals surface area contributed by atoms with Crippen molar-refractivity contribution in [1.29, 1.82) is 0 Å². The number of carbonyl (C=O) groups excluding carboxylic acids is 1. The summed E-state index contributed by atoms with van der Waals surface area (Å²) in [6.07, 6.45) is 4.63. The van der Waals surface area contributed by atoms with Gasteiger partial charge in [0.05, 0.1) is 5.56 Å². The van der Waals surface area contributed by atoms with Crippen LogP contribution in [0.15, 0.2) is 41.3 Å². The highest BCUT2D eigenvalue weighted by Crippen LogP contribution is 2.14. The number of nitrogens with one attached hydrogen (secondary N) is 1. The van der Waals surface area contributed by atoms with Gasteiger partial charge in [0.15, 0.2) is 0 Å². The zero-order valence-corrected chi connectivity index (χ0v) is 10.9. The van der Waals surface area contributed by atoms with Gasteiger partial charge < -0.3 is 5.32 Å². The van der Waals surface area contributed by atoms with Crippen LogP contribution in [0.4, 0.5) is 5.69 Å². The van der Waals surface area contributed by atoms with Crippen LogP contribution >= 0.6 is 27.5 Å². The molecule has 2 aromatic heterocycles. The lowest BCUT2D eigenvalue weighted by Crippen LogP contribution is -2.12. The average Bonchev–Trinajstić information content (AvgIpc) is 2.29. The molecule has 0 unspecified atom stereocenters. The predicted molar refractivity (Wildman–Crippen MR) is 69.1 cm³/mol. The molecule has 1 N–H and O–H groups in total. The molecule has 0 saturated heterocycles. The molecule has 2 rings (SSSR count). The third-order valence-corrected chi connectivity index (χ3v) is 2.59. The van der Waals surface area contributed by atoms with Crippen LogP contribution in [0.5, 0.6) is 0 Å². The third-order valence-electron chi connectivity index (χ3n) is 1.95. The summed E-state index contributed by atoms with van der Waals surface area (Å²) in [6, 6.07) is 4.92. The van der Waals surface area contributed by atoms with Crippen molar-refractivity contribution in [1.82, 2.24) is 9.97 Å². The maximum absolute atomic E-state index is 11.8. The van der Waals surface area contributed by atoms with Gasteiger partial charge in [0, 0.05) is 28.8 Å². The molecular weight excluding hydrogens is 305 g/mol. The number of pyridine rings is 2. The van der Waals surface area contributed by atoms with Crippen LogP contribution in [0.25, 0.3) is 0 Å². The van der Waals surface area contributed by atoms with Crippen molar-refractivity contribution < 1.29 is 4.79 Å². The van der Waals surface area contributed by atoms with Gasteiger partial charge in [-0.15, -0.1) is 0 Å². The van der Waals surface area contributed by atoms with E-state index in [1.165, 1.54) is 12.4 Å². The van der Waals surface area contributed by atoms with Crippen molar-refractivity contribution in [2.24, 2.45) is 0 Å². The van der Waals surface area contributed by atoms with E-state index < -0.39 is 0 Å². The molecule has 0 bridgehead atoms. The Bertz CT molecular complexity index is 562. The standard InChI is InChI=1S/C11H7BrClN3O/c12-8-3-7(5-14-6-8)11(17)16-9-1-2-15-10(13)4-9/h1-6H,(H,15,16,17). The number of rotatable bonds is 2. The second-order valence-electron chi connectivity index (χ2n) is 3.21. The molecular formula is C11H7BrClN3O. The molecule has 1 amide bonds. The third kappa shape index (κ3) is 3.25. The molecule has 0 spiro atoms. The molecule has 0 aromatic carbocycles. The van der Waals surface area contributed by atoms with Gasteiger partial charge in [-0.25, -0.2) is 4.98 Å². The summed E-state index contributed by atoms with van der Waals surface area (Å²) in [5.41, 5.74) is 1.06. The molecule has 2 aromatic rings. The fraction of sp³-hybridized carbons (Fsp3) is 0. The highest BCUT2D eigenvalue weighted by molar-refractivity contribution is 9.10. The summed E-state index contributed by atoms with van der Waals surface area (Å²) in [7, 11) is 0. The molecule has 17 heavy (non-hydrogen) atoms. The maximum atomic E-state index is 11.8. The van der Waals surface area contributed by atoms with Crippen LogP contribution < -0.4 is 5.32 Å². The fourth-order valence-electron chi connectivity index (χ4n) is 1.22. The van der Waals surface area contributed by atoms with Crippen molar-refractivity contribution >= 4 is 39.1 Å². The molecule has 4 nitrogen and oxygen atoms in total. The summed E-state index contributed by atoms with van der Waals surface area (Å²) in [4.78, 5) is 19.6. The first-order valence-electron chi connectivity index (χ1n) is 4.68. The summed E-state index contributed by atoms with van der Waals surface area (Å²) >= 11 is 8.97. The highest BCUT2D eigenvalue weighted by atomic mass is 79.9. The van der Waals surface area contributed by atoms with Crippen LogP contribution in [-0.4, -0.2) is 15.9 Å². The van der Waals surface area contributed by atoms with E-state index >= 15 is 0 Å². The Morgan fingerprint density at radius 3 is 2.88 bits per heavy atom. The number of carbonyl (C=O) groups is 1. The van der Waals surface area contributed by atoms with Gasteiger partial charge >= 0.3 is 0 Å². The zero-order chi connectivity index (χ0) is 12.3. The molecule has 6 heteroatoms. The Morgan fingerprint density at radius 2 is 2.18 bits per heavy atom.